The fraction of sp³-hybridized carbons (Fsp3) is 0.409. The van der Waals surface area contributed by atoms with E-state index in [4.69, 9.17) is 30.5 Å². The van der Waals surface area contributed by atoms with Crippen LogP contribution >= 0.6 is 11.6 Å². The van der Waals surface area contributed by atoms with E-state index in [1.165, 1.54) is 19.8 Å². The van der Waals surface area contributed by atoms with Crippen molar-refractivity contribution < 1.29 is 23.7 Å². The van der Waals surface area contributed by atoms with E-state index in [0.717, 1.165) is 5.56 Å². The van der Waals surface area contributed by atoms with Crippen molar-refractivity contribution in [3.05, 3.63) is 58.1 Å². The fourth-order valence-electron chi connectivity index (χ4n) is 3.30. The van der Waals surface area contributed by atoms with Gasteiger partial charge in [0.05, 0.1) is 50.7 Å². The number of halogens is 1. The van der Waals surface area contributed by atoms with Gasteiger partial charge in [0.15, 0.2) is 11.5 Å². The lowest BCUT2D eigenvalue weighted by atomic mass is 10.1. The second-order valence-electron chi connectivity index (χ2n) is 6.94. The molecule has 1 saturated heterocycles. The van der Waals surface area contributed by atoms with Gasteiger partial charge in [-0.2, -0.15) is 0 Å². The molecule has 6 nitrogen and oxygen atoms in total. The number of morpholine rings is 1. The van der Waals surface area contributed by atoms with E-state index in [2.05, 4.69) is 19.1 Å². The van der Waals surface area contributed by atoms with Gasteiger partial charge in [-0.15, -0.1) is 0 Å². The van der Waals surface area contributed by atoms with Gasteiger partial charge in [-0.05, 0) is 18.6 Å². The van der Waals surface area contributed by atoms with Crippen molar-refractivity contribution in [2.45, 2.75) is 19.6 Å². The van der Waals surface area contributed by atoms with Crippen LogP contribution in [0.25, 0.3) is 0 Å². The molecule has 1 aliphatic rings. The van der Waals surface area contributed by atoms with Crippen LogP contribution in [0.3, 0.4) is 0 Å². The predicted molar refractivity (Wildman–Crippen MR) is 111 cm³/mol. The van der Waals surface area contributed by atoms with E-state index in [0.29, 0.717) is 55.0 Å². The van der Waals surface area contributed by atoms with Crippen molar-refractivity contribution >= 4 is 17.5 Å². The van der Waals surface area contributed by atoms with E-state index in [9.17, 15) is 4.79 Å². The molecular weight excluding hydrogens is 394 g/mol. The molecule has 7 heteroatoms. The number of hydrogen-bond donors (Lipinski definition) is 0. The Labute approximate surface area is 176 Å². The Balaban J connectivity index is 1.60. The Kier molecular flexibility index (Phi) is 7.36. The number of ether oxygens (including phenoxy) is 4. The largest absolute Gasteiger partial charge is 0.493 e. The first-order valence-electron chi connectivity index (χ1n) is 9.47. The van der Waals surface area contributed by atoms with Gasteiger partial charge in [0.2, 0.25) is 0 Å². The number of methoxy groups -OCH3 is 2. The van der Waals surface area contributed by atoms with Crippen LogP contribution in [0.5, 0.6) is 11.5 Å². The monoisotopic (exact) mass is 419 g/mol. The van der Waals surface area contributed by atoms with E-state index in [1.807, 2.05) is 12.1 Å². The van der Waals surface area contributed by atoms with E-state index in [1.54, 1.807) is 17.0 Å². The maximum Gasteiger partial charge on any atom is 0.255 e. The first-order valence-corrected chi connectivity index (χ1v) is 9.85. The average Bonchev–Trinajstić information content (AvgIpc) is 2.73. The van der Waals surface area contributed by atoms with Crippen LogP contribution in [0.4, 0.5) is 0 Å². The Hall–Kier alpha value is -2.28. The summed E-state index contributed by atoms with van der Waals surface area (Å²) in [6.45, 7) is 4.37. The number of carbonyl (C=O) groups is 1. The van der Waals surface area contributed by atoms with Crippen molar-refractivity contribution in [1.82, 2.24) is 4.90 Å². The van der Waals surface area contributed by atoms with Crippen molar-refractivity contribution in [1.29, 1.82) is 0 Å². The van der Waals surface area contributed by atoms with E-state index < -0.39 is 0 Å². The Morgan fingerprint density at radius 3 is 2.69 bits per heavy atom. The highest BCUT2D eigenvalue weighted by Crippen LogP contribution is 2.33. The van der Waals surface area contributed by atoms with Crippen LogP contribution in [0, 0.1) is 6.92 Å². The zero-order valence-electron chi connectivity index (χ0n) is 16.9. The van der Waals surface area contributed by atoms with Crippen LogP contribution < -0.4 is 9.47 Å². The zero-order chi connectivity index (χ0) is 20.8. The number of amides is 1. The second-order valence-corrected chi connectivity index (χ2v) is 7.34. The molecule has 1 fully saturated rings. The molecule has 0 radical (unpaired) electrons. The molecule has 1 unspecified atom stereocenters. The van der Waals surface area contributed by atoms with Crippen LogP contribution in [-0.2, 0) is 16.1 Å². The number of rotatable bonds is 7. The number of aryl methyl sites for hydroxylation is 1. The SMILES string of the molecule is COc1cc(Cl)c(C(=O)N2CCOC(COCc3cccc(C)c3)C2)cc1OC. The van der Waals surface area contributed by atoms with Crippen LogP contribution in [0.1, 0.15) is 21.5 Å². The topological polar surface area (TPSA) is 57.2 Å². The van der Waals surface area contributed by atoms with Gasteiger partial charge >= 0.3 is 0 Å². The van der Waals surface area contributed by atoms with Gasteiger partial charge in [0.1, 0.15) is 0 Å². The van der Waals surface area contributed by atoms with Gasteiger partial charge in [-0.25, -0.2) is 0 Å². The smallest absolute Gasteiger partial charge is 0.255 e. The summed E-state index contributed by atoms with van der Waals surface area (Å²) in [5, 5.41) is 0.325. The molecule has 1 amide bonds. The lowest BCUT2D eigenvalue weighted by molar-refractivity contribution is -0.0647. The number of nitrogens with zero attached hydrogens (tertiary/aromatic N) is 1. The number of hydrogen-bond acceptors (Lipinski definition) is 5. The van der Waals surface area contributed by atoms with E-state index >= 15 is 0 Å². The number of carbonyl (C=O) groups excluding carboxylic acids is 1. The summed E-state index contributed by atoms with van der Waals surface area (Å²) in [5.41, 5.74) is 2.69. The quantitative estimate of drug-likeness (QED) is 0.684. The highest BCUT2D eigenvalue weighted by atomic mass is 35.5. The number of benzene rings is 2. The third-order valence-corrected chi connectivity index (χ3v) is 5.10. The second kappa shape index (κ2) is 9.96. The molecule has 29 heavy (non-hydrogen) atoms. The molecule has 1 aliphatic heterocycles. The van der Waals surface area contributed by atoms with Crippen molar-refractivity contribution in [2.24, 2.45) is 0 Å². The normalized spacial score (nSPS) is 16.6. The molecule has 0 spiro atoms. The summed E-state index contributed by atoms with van der Waals surface area (Å²) in [4.78, 5) is 14.7. The van der Waals surface area contributed by atoms with Gasteiger partial charge < -0.3 is 23.8 Å². The molecular formula is C22H26ClNO5. The van der Waals surface area contributed by atoms with Crippen LogP contribution in [-0.4, -0.2) is 57.4 Å². The molecule has 3 rings (SSSR count). The first-order chi connectivity index (χ1) is 14.0. The minimum atomic E-state index is -0.184. The predicted octanol–water partition coefficient (Wildman–Crippen LogP) is 3.72. The highest BCUT2D eigenvalue weighted by Gasteiger charge is 2.27. The van der Waals surface area contributed by atoms with Gasteiger partial charge in [-0.3, -0.25) is 4.79 Å². The standard InChI is InChI=1S/C22H26ClNO5/c1-15-5-4-6-16(9-15)13-28-14-17-12-24(7-8-29-17)22(25)18-10-20(26-2)21(27-3)11-19(18)23/h4-6,9-11,17H,7-8,12-14H2,1-3H3. The maximum atomic E-state index is 13.0. The van der Waals surface area contributed by atoms with Crippen LogP contribution in [0.15, 0.2) is 36.4 Å². The summed E-state index contributed by atoms with van der Waals surface area (Å²) in [6, 6.07) is 11.4. The van der Waals surface area contributed by atoms with Crippen molar-refractivity contribution in [3.8, 4) is 11.5 Å². The molecule has 156 valence electrons. The molecule has 2 aromatic carbocycles. The van der Waals surface area contributed by atoms with Crippen molar-refractivity contribution in [3.63, 3.8) is 0 Å². The van der Waals surface area contributed by atoms with E-state index in [-0.39, 0.29) is 12.0 Å². The highest BCUT2D eigenvalue weighted by molar-refractivity contribution is 6.34. The molecule has 0 aromatic heterocycles. The molecule has 1 atom stereocenters. The summed E-state index contributed by atoms with van der Waals surface area (Å²) in [5.74, 6) is 0.785. The third kappa shape index (κ3) is 5.41. The Morgan fingerprint density at radius 1 is 1.21 bits per heavy atom. The minimum absolute atomic E-state index is 0.164. The molecule has 1 heterocycles. The van der Waals surface area contributed by atoms with Crippen molar-refractivity contribution in [2.75, 3.05) is 40.5 Å². The molecule has 0 bridgehead atoms. The molecule has 2 aromatic rings. The summed E-state index contributed by atoms with van der Waals surface area (Å²) in [6.07, 6.45) is -0.184. The van der Waals surface area contributed by atoms with Gasteiger partial charge in [0.25, 0.3) is 5.91 Å². The zero-order valence-corrected chi connectivity index (χ0v) is 17.7. The lowest BCUT2D eigenvalue weighted by Crippen LogP contribution is -2.47. The summed E-state index contributed by atoms with van der Waals surface area (Å²) >= 11 is 6.31. The fourth-order valence-corrected chi connectivity index (χ4v) is 3.54. The first kappa shape index (κ1) is 21.4. The van der Waals surface area contributed by atoms with Gasteiger partial charge in [0, 0.05) is 19.2 Å². The molecule has 0 N–H and O–H groups in total. The average molecular weight is 420 g/mol. The minimum Gasteiger partial charge on any atom is -0.493 e. The summed E-state index contributed by atoms with van der Waals surface area (Å²) < 4.78 is 22.1. The Bertz CT molecular complexity index is 857. The maximum absolute atomic E-state index is 13.0. The lowest BCUT2D eigenvalue weighted by Gasteiger charge is -2.33. The van der Waals surface area contributed by atoms with Gasteiger partial charge in [-0.1, -0.05) is 41.4 Å². The molecule has 0 saturated carbocycles. The molecule has 0 aliphatic carbocycles. The van der Waals surface area contributed by atoms with Crippen LogP contribution in [0.2, 0.25) is 5.02 Å². The summed E-state index contributed by atoms with van der Waals surface area (Å²) in [7, 11) is 3.05. The third-order valence-electron chi connectivity index (χ3n) is 4.78. The Morgan fingerprint density at radius 2 is 1.97 bits per heavy atom.